The molecule has 2 N–H and O–H groups in total. The van der Waals surface area contributed by atoms with Crippen molar-refractivity contribution >= 4 is 0 Å². The lowest BCUT2D eigenvalue weighted by molar-refractivity contribution is 0.126. The molecule has 0 amide bonds. The molecule has 0 bridgehead atoms. The maximum atomic E-state index is 5.86. The Hall–Kier alpha value is -1.10. The molecule has 0 atom stereocenters. The normalized spacial score (nSPS) is 17.0. The summed E-state index contributed by atoms with van der Waals surface area (Å²) in [7, 11) is 0. The van der Waals surface area contributed by atoms with Crippen molar-refractivity contribution in [1.82, 2.24) is 9.80 Å². The smallest absolute Gasteiger partial charge is 0.123 e. The van der Waals surface area contributed by atoms with Crippen LogP contribution in [0, 0.1) is 0 Å². The van der Waals surface area contributed by atoms with Gasteiger partial charge in [-0.3, -0.25) is 0 Å². The minimum absolute atomic E-state index is 0.537. The summed E-state index contributed by atoms with van der Waals surface area (Å²) in [5.41, 5.74) is 6.81. The van der Waals surface area contributed by atoms with Gasteiger partial charge in [-0.15, -0.1) is 0 Å². The fourth-order valence-electron chi connectivity index (χ4n) is 2.84. The summed E-state index contributed by atoms with van der Waals surface area (Å²) in [5, 5.41) is 0. The molecule has 0 aromatic heterocycles. The Bertz CT molecular complexity index is 403. The Morgan fingerprint density at radius 1 is 1.05 bits per heavy atom. The molecule has 118 valence electrons. The highest BCUT2D eigenvalue weighted by Crippen LogP contribution is 2.17. The van der Waals surface area contributed by atoms with Gasteiger partial charge in [-0.2, -0.15) is 0 Å². The first kappa shape index (κ1) is 16.3. The molecule has 1 aliphatic heterocycles. The summed E-state index contributed by atoms with van der Waals surface area (Å²) in [6.07, 6.45) is 2.33. The molecular weight excluding hydrogens is 262 g/mol. The number of piperazine rings is 1. The molecule has 1 saturated heterocycles. The van der Waals surface area contributed by atoms with E-state index in [1.165, 1.54) is 39.1 Å². The Balaban J connectivity index is 1.62. The lowest BCUT2D eigenvalue weighted by Gasteiger charge is -2.34. The first-order valence-corrected chi connectivity index (χ1v) is 8.19. The van der Waals surface area contributed by atoms with Crippen molar-refractivity contribution in [2.75, 3.05) is 45.9 Å². The monoisotopic (exact) mass is 291 g/mol. The standard InChI is InChI=1S/C17H29N3O/c1-2-8-19-10-12-20(13-11-19)9-5-14-21-17-7-4-3-6-16(17)15-18/h3-4,6-7H,2,5,8-15,18H2,1H3. The molecular formula is C17H29N3O. The topological polar surface area (TPSA) is 41.7 Å². The van der Waals surface area contributed by atoms with Crippen molar-refractivity contribution in [2.24, 2.45) is 5.73 Å². The molecule has 0 saturated carbocycles. The molecule has 2 rings (SSSR count). The lowest BCUT2D eigenvalue weighted by atomic mass is 10.2. The average molecular weight is 291 g/mol. The van der Waals surface area contributed by atoms with Crippen LogP contribution in [0.3, 0.4) is 0 Å². The van der Waals surface area contributed by atoms with Crippen molar-refractivity contribution in [2.45, 2.75) is 26.3 Å². The fourth-order valence-corrected chi connectivity index (χ4v) is 2.84. The summed E-state index contributed by atoms with van der Waals surface area (Å²) >= 11 is 0. The number of ether oxygens (including phenoxy) is 1. The van der Waals surface area contributed by atoms with Gasteiger partial charge in [-0.05, 0) is 25.5 Å². The zero-order valence-electron chi connectivity index (χ0n) is 13.3. The van der Waals surface area contributed by atoms with Crippen molar-refractivity contribution in [3.8, 4) is 5.75 Å². The van der Waals surface area contributed by atoms with Gasteiger partial charge < -0.3 is 20.3 Å². The number of rotatable bonds is 8. The van der Waals surface area contributed by atoms with E-state index in [1.54, 1.807) is 0 Å². The molecule has 0 unspecified atom stereocenters. The first-order valence-electron chi connectivity index (χ1n) is 8.19. The highest BCUT2D eigenvalue weighted by molar-refractivity contribution is 5.32. The molecule has 1 aliphatic rings. The molecule has 1 heterocycles. The zero-order chi connectivity index (χ0) is 14.9. The van der Waals surface area contributed by atoms with Crippen LogP contribution >= 0.6 is 0 Å². The molecule has 1 aromatic rings. The van der Waals surface area contributed by atoms with Crippen LogP contribution in [0.4, 0.5) is 0 Å². The summed E-state index contributed by atoms with van der Waals surface area (Å²) in [4.78, 5) is 5.11. The average Bonchev–Trinajstić information content (AvgIpc) is 2.54. The SMILES string of the molecule is CCCN1CCN(CCCOc2ccccc2CN)CC1. The van der Waals surface area contributed by atoms with E-state index in [1.807, 2.05) is 24.3 Å². The van der Waals surface area contributed by atoms with Crippen LogP contribution in [-0.2, 0) is 6.54 Å². The van der Waals surface area contributed by atoms with Gasteiger partial charge in [0.2, 0.25) is 0 Å². The summed E-state index contributed by atoms with van der Waals surface area (Å²) < 4.78 is 5.86. The van der Waals surface area contributed by atoms with Gasteiger partial charge in [-0.1, -0.05) is 25.1 Å². The predicted molar refractivity (Wildman–Crippen MR) is 87.6 cm³/mol. The molecule has 0 spiro atoms. The van der Waals surface area contributed by atoms with Gasteiger partial charge >= 0.3 is 0 Å². The second-order valence-electron chi connectivity index (χ2n) is 5.70. The van der Waals surface area contributed by atoms with Crippen molar-refractivity contribution in [1.29, 1.82) is 0 Å². The summed E-state index contributed by atoms with van der Waals surface area (Å²) in [6, 6.07) is 8.04. The predicted octanol–water partition coefficient (Wildman–Crippen LogP) is 1.94. The van der Waals surface area contributed by atoms with E-state index in [-0.39, 0.29) is 0 Å². The van der Waals surface area contributed by atoms with Gasteiger partial charge in [0, 0.05) is 44.8 Å². The molecule has 0 radical (unpaired) electrons. The van der Waals surface area contributed by atoms with Crippen LogP contribution in [0.1, 0.15) is 25.3 Å². The van der Waals surface area contributed by atoms with Gasteiger partial charge in [-0.25, -0.2) is 0 Å². The maximum Gasteiger partial charge on any atom is 0.123 e. The van der Waals surface area contributed by atoms with Gasteiger partial charge in [0.05, 0.1) is 6.61 Å². The number of hydrogen-bond donors (Lipinski definition) is 1. The lowest BCUT2D eigenvalue weighted by Crippen LogP contribution is -2.46. The van der Waals surface area contributed by atoms with Crippen molar-refractivity contribution < 1.29 is 4.74 Å². The second-order valence-corrected chi connectivity index (χ2v) is 5.70. The van der Waals surface area contributed by atoms with Gasteiger partial charge in [0.1, 0.15) is 5.75 Å². The number of para-hydroxylation sites is 1. The molecule has 4 nitrogen and oxygen atoms in total. The number of hydrogen-bond acceptors (Lipinski definition) is 4. The quantitative estimate of drug-likeness (QED) is 0.743. The summed E-state index contributed by atoms with van der Waals surface area (Å²) in [5.74, 6) is 0.938. The number of benzene rings is 1. The van der Waals surface area contributed by atoms with E-state index in [4.69, 9.17) is 10.5 Å². The third-order valence-corrected chi connectivity index (χ3v) is 4.07. The molecule has 21 heavy (non-hydrogen) atoms. The van der Waals surface area contributed by atoms with Gasteiger partial charge in [0.25, 0.3) is 0 Å². The Morgan fingerprint density at radius 2 is 1.71 bits per heavy atom. The minimum atomic E-state index is 0.537. The van der Waals surface area contributed by atoms with E-state index in [0.29, 0.717) is 6.54 Å². The second kappa shape index (κ2) is 9.03. The van der Waals surface area contributed by atoms with E-state index in [0.717, 1.165) is 30.9 Å². The van der Waals surface area contributed by atoms with E-state index < -0.39 is 0 Å². The van der Waals surface area contributed by atoms with Crippen LogP contribution in [0.2, 0.25) is 0 Å². The maximum absolute atomic E-state index is 5.86. The first-order chi connectivity index (χ1) is 10.3. The third kappa shape index (κ3) is 5.30. The zero-order valence-corrected chi connectivity index (χ0v) is 13.3. The third-order valence-electron chi connectivity index (χ3n) is 4.07. The number of nitrogens with two attached hydrogens (primary N) is 1. The van der Waals surface area contributed by atoms with Crippen LogP contribution < -0.4 is 10.5 Å². The molecule has 1 aromatic carbocycles. The Labute approximate surface area is 128 Å². The van der Waals surface area contributed by atoms with E-state index in [2.05, 4.69) is 16.7 Å². The Morgan fingerprint density at radius 3 is 2.38 bits per heavy atom. The fraction of sp³-hybridized carbons (Fsp3) is 0.647. The summed E-state index contributed by atoms with van der Waals surface area (Å²) in [6.45, 7) is 10.7. The minimum Gasteiger partial charge on any atom is -0.493 e. The van der Waals surface area contributed by atoms with Crippen LogP contribution in [-0.4, -0.2) is 55.7 Å². The Kier molecular flexibility index (Phi) is 7.00. The highest BCUT2D eigenvalue weighted by Gasteiger charge is 2.15. The van der Waals surface area contributed by atoms with Crippen LogP contribution in [0.25, 0.3) is 0 Å². The largest absolute Gasteiger partial charge is 0.493 e. The highest BCUT2D eigenvalue weighted by atomic mass is 16.5. The van der Waals surface area contributed by atoms with E-state index in [9.17, 15) is 0 Å². The van der Waals surface area contributed by atoms with E-state index >= 15 is 0 Å². The van der Waals surface area contributed by atoms with Crippen LogP contribution in [0.5, 0.6) is 5.75 Å². The van der Waals surface area contributed by atoms with Crippen LogP contribution in [0.15, 0.2) is 24.3 Å². The van der Waals surface area contributed by atoms with Gasteiger partial charge in [0.15, 0.2) is 0 Å². The number of nitrogens with zero attached hydrogens (tertiary/aromatic N) is 2. The van der Waals surface area contributed by atoms with Crippen molar-refractivity contribution in [3.05, 3.63) is 29.8 Å². The molecule has 1 fully saturated rings. The molecule has 4 heteroatoms. The van der Waals surface area contributed by atoms with Crippen molar-refractivity contribution in [3.63, 3.8) is 0 Å². The molecule has 0 aliphatic carbocycles.